The van der Waals surface area contributed by atoms with Gasteiger partial charge in [0.2, 0.25) is 0 Å². The molecular weight excluding hydrogens is 431 g/mol. The van der Waals surface area contributed by atoms with Gasteiger partial charge in [0.15, 0.2) is 0 Å². The molecule has 0 radical (unpaired) electrons. The van der Waals surface area contributed by atoms with Crippen LogP contribution in [-0.4, -0.2) is 51.5 Å². The Morgan fingerprint density at radius 1 is 1.30 bits per heavy atom. The number of hydrogen-bond donors (Lipinski definition) is 1. The van der Waals surface area contributed by atoms with Crippen LogP contribution < -0.4 is 5.73 Å². The highest BCUT2D eigenvalue weighted by Gasteiger charge is 2.48. The summed E-state index contributed by atoms with van der Waals surface area (Å²) in [7, 11) is 0. The molecule has 0 bridgehead atoms. The van der Waals surface area contributed by atoms with Crippen molar-refractivity contribution in [2.45, 2.75) is 64.4 Å². The van der Waals surface area contributed by atoms with Gasteiger partial charge in [-0.1, -0.05) is 12.5 Å². The highest BCUT2D eigenvalue weighted by molar-refractivity contribution is 5.87. The van der Waals surface area contributed by atoms with Crippen LogP contribution in [0.3, 0.4) is 0 Å². The Morgan fingerprint density at radius 3 is 2.73 bits per heavy atom. The molecule has 2 N–H and O–H groups in total. The number of nitrogens with zero attached hydrogens (tertiary/aromatic N) is 4. The summed E-state index contributed by atoms with van der Waals surface area (Å²) in [5.74, 6) is -0.0613. The second-order valence-electron chi connectivity index (χ2n) is 9.53. The first-order chi connectivity index (χ1) is 15.7. The zero-order valence-electron chi connectivity index (χ0n) is 19.2. The fourth-order valence-corrected chi connectivity index (χ4v) is 5.33. The average Bonchev–Trinajstić information content (AvgIpc) is 3.12. The first kappa shape index (κ1) is 22.4. The molecule has 2 aliphatic carbocycles. The third-order valence-corrected chi connectivity index (χ3v) is 7.32. The Hall–Kier alpha value is -2.39. The summed E-state index contributed by atoms with van der Waals surface area (Å²) in [6.07, 6.45) is 0.116. The van der Waals surface area contributed by atoms with Gasteiger partial charge in [-0.25, -0.2) is 4.98 Å². The van der Waals surface area contributed by atoms with E-state index in [0.717, 1.165) is 50.7 Å². The van der Waals surface area contributed by atoms with Crippen LogP contribution in [-0.2, 0) is 10.9 Å². The van der Waals surface area contributed by atoms with E-state index in [-0.39, 0.29) is 12.1 Å². The van der Waals surface area contributed by atoms with Crippen molar-refractivity contribution in [1.82, 2.24) is 19.7 Å². The number of nitrogen functional groups attached to an aromatic ring is 1. The van der Waals surface area contributed by atoms with Crippen molar-refractivity contribution in [2.75, 3.05) is 25.4 Å². The number of ether oxygens (including phenoxy) is 1. The highest BCUT2D eigenvalue weighted by atomic mass is 19.4. The highest BCUT2D eigenvalue weighted by Crippen LogP contribution is 2.58. The summed E-state index contributed by atoms with van der Waals surface area (Å²) >= 11 is 0. The number of pyridine rings is 1. The molecule has 178 valence electrons. The van der Waals surface area contributed by atoms with Gasteiger partial charge in [0.25, 0.3) is 0 Å². The molecule has 1 saturated heterocycles. The van der Waals surface area contributed by atoms with Gasteiger partial charge in [-0.3, -0.25) is 9.58 Å². The SMILES string of the molecule is CCC(C)n1nc(-c2cnc(N)c(C(F)(F)F)c2)cc1C1=C2CC(N3CCOC(C)C3)CC21. The van der Waals surface area contributed by atoms with Gasteiger partial charge in [-0.2, -0.15) is 18.3 Å². The Morgan fingerprint density at radius 2 is 2.09 bits per heavy atom. The molecular formula is C24H30F3N5O. The molecule has 33 heavy (non-hydrogen) atoms. The molecule has 9 heteroatoms. The second kappa shape index (κ2) is 8.13. The lowest BCUT2D eigenvalue weighted by Crippen LogP contribution is -2.46. The summed E-state index contributed by atoms with van der Waals surface area (Å²) in [5.41, 5.74) is 9.22. The van der Waals surface area contributed by atoms with Gasteiger partial charge in [0.05, 0.1) is 29.7 Å². The maximum Gasteiger partial charge on any atom is 0.419 e. The monoisotopic (exact) mass is 461 g/mol. The first-order valence-corrected chi connectivity index (χ1v) is 11.7. The molecule has 5 rings (SSSR count). The molecule has 3 aliphatic rings. The third kappa shape index (κ3) is 4.05. The molecule has 3 heterocycles. The molecule has 1 saturated carbocycles. The number of hydrogen-bond acceptors (Lipinski definition) is 5. The van der Waals surface area contributed by atoms with Crippen molar-refractivity contribution in [1.29, 1.82) is 0 Å². The summed E-state index contributed by atoms with van der Waals surface area (Å²) in [4.78, 5) is 6.33. The topological polar surface area (TPSA) is 69.2 Å². The van der Waals surface area contributed by atoms with Crippen LogP contribution in [0.1, 0.15) is 57.3 Å². The van der Waals surface area contributed by atoms with E-state index in [9.17, 15) is 13.2 Å². The zero-order chi connectivity index (χ0) is 23.5. The lowest BCUT2D eigenvalue weighted by atomic mass is 10.0. The number of aromatic nitrogens is 3. The largest absolute Gasteiger partial charge is 0.419 e. The predicted octanol–water partition coefficient (Wildman–Crippen LogP) is 4.78. The van der Waals surface area contributed by atoms with E-state index in [2.05, 4.69) is 30.7 Å². The van der Waals surface area contributed by atoms with Gasteiger partial charge >= 0.3 is 6.18 Å². The van der Waals surface area contributed by atoms with Gasteiger partial charge < -0.3 is 10.5 Å². The normalized spacial score (nSPS) is 26.5. The van der Waals surface area contributed by atoms with Crippen LogP contribution in [0.25, 0.3) is 16.8 Å². The fraction of sp³-hybridized carbons (Fsp3) is 0.583. The quantitative estimate of drug-likeness (QED) is 0.694. The van der Waals surface area contributed by atoms with Crippen LogP contribution in [0.15, 0.2) is 23.9 Å². The minimum atomic E-state index is -4.56. The smallest absolute Gasteiger partial charge is 0.383 e. The molecule has 0 amide bonds. The minimum Gasteiger partial charge on any atom is -0.383 e. The molecule has 2 aromatic heterocycles. The molecule has 2 aromatic rings. The third-order valence-electron chi connectivity index (χ3n) is 7.32. The van der Waals surface area contributed by atoms with Crippen molar-refractivity contribution in [3.05, 3.63) is 35.2 Å². The van der Waals surface area contributed by atoms with E-state index in [1.165, 1.54) is 17.3 Å². The maximum absolute atomic E-state index is 13.4. The number of nitrogens with two attached hydrogens (primary N) is 1. The molecule has 0 aromatic carbocycles. The number of alkyl halides is 3. The predicted molar refractivity (Wildman–Crippen MR) is 120 cm³/mol. The molecule has 4 unspecified atom stereocenters. The van der Waals surface area contributed by atoms with Gasteiger partial charge in [0, 0.05) is 42.9 Å². The number of morpholine rings is 1. The fourth-order valence-electron chi connectivity index (χ4n) is 5.33. The van der Waals surface area contributed by atoms with Crippen molar-refractivity contribution in [3.63, 3.8) is 0 Å². The van der Waals surface area contributed by atoms with Crippen molar-refractivity contribution < 1.29 is 17.9 Å². The Kier molecular flexibility index (Phi) is 5.52. The van der Waals surface area contributed by atoms with E-state index in [4.69, 9.17) is 15.6 Å². The van der Waals surface area contributed by atoms with Crippen molar-refractivity contribution in [2.24, 2.45) is 5.92 Å². The van der Waals surface area contributed by atoms with Gasteiger partial charge in [-0.05, 0) is 50.8 Å². The average molecular weight is 462 g/mol. The van der Waals surface area contributed by atoms with E-state index in [1.807, 2.05) is 10.7 Å². The first-order valence-electron chi connectivity index (χ1n) is 11.7. The summed E-state index contributed by atoms with van der Waals surface area (Å²) < 4.78 is 47.7. The minimum absolute atomic E-state index is 0.142. The number of fused-ring (bicyclic) bond motifs is 1. The summed E-state index contributed by atoms with van der Waals surface area (Å²) in [5, 5.41) is 4.72. The summed E-state index contributed by atoms with van der Waals surface area (Å²) in [6.45, 7) is 9.03. The van der Waals surface area contributed by atoms with E-state index in [1.54, 1.807) is 0 Å². The van der Waals surface area contributed by atoms with Crippen LogP contribution >= 0.6 is 0 Å². The Balaban J connectivity index is 1.44. The summed E-state index contributed by atoms with van der Waals surface area (Å²) in [6, 6.07) is 3.67. The lowest BCUT2D eigenvalue weighted by Gasteiger charge is -2.36. The van der Waals surface area contributed by atoms with Crippen molar-refractivity contribution in [3.8, 4) is 11.3 Å². The number of rotatable bonds is 5. The molecule has 2 fully saturated rings. The Labute approximate surface area is 191 Å². The molecule has 0 spiro atoms. The zero-order valence-corrected chi connectivity index (χ0v) is 19.2. The second-order valence-corrected chi connectivity index (χ2v) is 9.53. The number of anilines is 1. The van der Waals surface area contributed by atoms with E-state index >= 15 is 0 Å². The molecule has 1 aliphatic heterocycles. The van der Waals surface area contributed by atoms with E-state index in [0.29, 0.717) is 23.2 Å². The molecule has 4 atom stereocenters. The number of allylic oxidation sites excluding steroid dienone is 1. The standard InChI is InChI=1S/C24H30F3N5O/c1-4-13(2)32-21(10-20(30-32)15-7-19(24(25,26)27)23(28)29-11-15)22-17-8-16(9-18(17)22)31-5-6-33-14(3)12-31/h7,10-11,13-14,16-17H,4-6,8-9,12H2,1-3H3,(H2,28,29). The van der Waals surface area contributed by atoms with Gasteiger partial charge in [-0.15, -0.1) is 0 Å². The van der Waals surface area contributed by atoms with Crippen LogP contribution in [0.2, 0.25) is 0 Å². The Bertz CT molecular complexity index is 1090. The molecule has 6 nitrogen and oxygen atoms in total. The van der Waals surface area contributed by atoms with Crippen LogP contribution in [0.4, 0.5) is 19.0 Å². The van der Waals surface area contributed by atoms with E-state index < -0.39 is 17.6 Å². The van der Waals surface area contributed by atoms with Gasteiger partial charge in [0.1, 0.15) is 5.82 Å². The maximum atomic E-state index is 13.4. The number of halogens is 3. The lowest BCUT2D eigenvalue weighted by molar-refractivity contribution is -0.137. The van der Waals surface area contributed by atoms with Crippen molar-refractivity contribution >= 4 is 11.4 Å². The van der Waals surface area contributed by atoms with Crippen LogP contribution in [0, 0.1) is 5.92 Å². The van der Waals surface area contributed by atoms with Crippen LogP contribution in [0.5, 0.6) is 0 Å².